The molecule has 3 N–H and O–H groups in total. The number of halogens is 1. The first-order valence-corrected chi connectivity index (χ1v) is 7.99. The molecule has 0 spiro atoms. The van der Waals surface area contributed by atoms with E-state index in [0.717, 1.165) is 18.5 Å². The van der Waals surface area contributed by atoms with E-state index >= 15 is 0 Å². The lowest BCUT2D eigenvalue weighted by Gasteiger charge is -2.08. The highest BCUT2D eigenvalue weighted by atomic mass is 127. The molecule has 0 amide bonds. The summed E-state index contributed by atoms with van der Waals surface area (Å²) in [6.45, 7) is 7.69. The van der Waals surface area contributed by atoms with Crippen molar-refractivity contribution in [2.75, 3.05) is 13.1 Å². The second-order valence-corrected chi connectivity index (χ2v) is 6.06. The molecular weight excluding hydrogens is 417 g/mol. The number of nitrogens with zero attached hydrogens (tertiary/aromatic N) is 3. The van der Waals surface area contributed by atoms with E-state index < -0.39 is 0 Å². The van der Waals surface area contributed by atoms with Gasteiger partial charge in [-0.1, -0.05) is 56.3 Å². The van der Waals surface area contributed by atoms with Crippen LogP contribution >= 0.6 is 24.0 Å². The second-order valence-electron chi connectivity index (χ2n) is 6.06. The van der Waals surface area contributed by atoms with Crippen LogP contribution in [0.5, 0.6) is 0 Å². The normalized spacial score (nSPS) is 12.8. The van der Waals surface area contributed by atoms with Crippen molar-refractivity contribution >= 4 is 29.9 Å². The summed E-state index contributed by atoms with van der Waals surface area (Å²) in [5, 5.41) is 7.14. The third-order valence-corrected chi connectivity index (χ3v) is 3.46. The average molecular weight is 443 g/mol. The smallest absolute Gasteiger partial charge is 0.231 e. The van der Waals surface area contributed by atoms with Crippen LogP contribution in [0.1, 0.15) is 39.0 Å². The van der Waals surface area contributed by atoms with Gasteiger partial charge in [0.15, 0.2) is 5.96 Å². The van der Waals surface area contributed by atoms with Crippen LogP contribution in [0.3, 0.4) is 0 Å². The minimum atomic E-state index is 0. The molecule has 1 atom stereocenters. The molecule has 0 aliphatic rings. The number of nitrogens with one attached hydrogen (secondary N) is 1. The van der Waals surface area contributed by atoms with Gasteiger partial charge in [-0.2, -0.15) is 4.98 Å². The number of hydrogen-bond donors (Lipinski definition) is 2. The molecule has 0 aliphatic carbocycles. The molecule has 6 nitrogen and oxygen atoms in total. The van der Waals surface area contributed by atoms with Crippen molar-refractivity contribution < 1.29 is 4.52 Å². The Kier molecular flexibility index (Phi) is 8.73. The molecule has 1 aromatic heterocycles. The lowest BCUT2D eigenvalue weighted by molar-refractivity contribution is 0.361. The van der Waals surface area contributed by atoms with Crippen molar-refractivity contribution in [1.29, 1.82) is 0 Å². The molecule has 7 heteroatoms. The van der Waals surface area contributed by atoms with Gasteiger partial charge in [-0.15, -0.1) is 24.0 Å². The number of hydrogen-bond acceptors (Lipinski definition) is 4. The maximum absolute atomic E-state index is 5.85. The highest BCUT2D eigenvalue weighted by Crippen LogP contribution is 2.19. The molecule has 2 rings (SSSR count). The molecule has 0 bridgehead atoms. The Morgan fingerprint density at radius 3 is 2.62 bits per heavy atom. The van der Waals surface area contributed by atoms with Crippen LogP contribution < -0.4 is 11.1 Å². The van der Waals surface area contributed by atoms with Gasteiger partial charge >= 0.3 is 0 Å². The molecule has 0 fully saturated rings. The van der Waals surface area contributed by atoms with E-state index in [1.165, 1.54) is 0 Å². The zero-order chi connectivity index (χ0) is 16.7. The SMILES string of the molecule is CC(C)CCNC(N)=NCC(C)c1nc(-c2ccccc2)no1.I. The van der Waals surface area contributed by atoms with Crippen LogP contribution in [0.25, 0.3) is 11.4 Å². The zero-order valence-corrected chi connectivity index (χ0v) is 16.7. The Bertz CT molecular complexity index is 627. The van der Waals surface area contributed by atoms with Crippen molar-refractivity contribution in [1.82, 2.24) is 15.5 Å². The predicted octanol–water partition coefficient (Wildman–Crippen LogP) is 3.41. The summed E-state index contributed by atoms with van der Waals surface area (Å²) in [7, 11) is 0. The van der Waals surface area contributed by atoms with Crippen molar-refractivity contribution in [3.05, 3.63) is 36.2 Å². The molecule has 2 aromatic rings. The monoisotopic (exact) mass is 443 g/mol. The fourth-order valence-corrected chi connectivity index (χ4v) is 2.00. The highest BCUT2D eigenvalue weighted by molar-refractivity contribution is 14.0. The van der Waals surface area contributed by atoms with E-state index in [2.05, 4.69) is 34.3 Å². The summed E-state index contributed by atoms with van der Waals surface area (Å²) in [5.41, 5.74) is 6.79. The van der Waals surface area contributed by atoms with Crippen molar-refractivity contribution in [2.24, 2.45) is 16.6 Å². The molecule has 1 aromatic carbocycles. The van der Waals surface area contributed by atoms with Gasteiger partial charge in [0.1, 0.15) is 0 Å². The van der Waals surface area contributed by atoms with Crippen molar-refractivity contribution in [3.8, 4) is 11.4 Å². The van der Waals surface area contributed by atoms with Gasteiger partial charge < -0.3 is 15.6 Å². The Balaban J connectivity index is 0.00000288. The number of aromatic nitrogens is 2. The lowest BCUT2D eigenvalue weighted by Crippen LogP contribution is -2.33. The van der Waals surface area contributed by atoms with Crippen LogP contribution in [0, 0.1) is 5.92 Å². The average Bonchev–Trinajstić information content (AvgIpc) is 3.03. The maximum atomic E-state index is 5.85. The van der Waals surface area contributed by atoms with Gasteiger partial charge in [-0.25, -0.2) is 0 Å². The van der Waals surface area contributed by atoms with E-state index in [-0.39, 0.29) is 29.9 Å². The summed E-state index contributed by atoms with van der Waals surface area (Å²) < 4.78 is 5.33. The maximum Gasteiger partial charge on any atom is 0.231 e. The largest absolute Gasteiger partial charge is 0.370 e. The van der Waals surface area contributed by atoms with E-state index in [1.54, 1.807) is 0 Å². The molecule has 1 heterocycles. The molecule has 24 heavy (non-hydrogen) atoms. The predicted molar refractivity (Wildman–Crippen MR) is 108 cm³/mol. The van der Waals surface area contributed by atoms with E-state index in [4.69, 9.17) is 10.3 Å². The van der Waals surface area contributed by atoms with Crippen molar-refractivity contribution in [3.63, 3.8) is 0 Å². The number of aliphatic imine (C=N–C) groups is 1. The third kappa shape index (κ3) is 6.46. The number of benzene rings is 1. The molecular formula is C17H26IN5O. The first kappa shape index (κ1) is 20.4. The first-order valence-electron chi connectivity index (χ1n) is 7.99. The van der Waals surface area contributed by atoms with Gasteiger partial charge in [0, 0.05) is 12.1 Å². The molecule has 0 radical (unpaired) electrons. The van der Waals surface area contributed by atoms with Gasteiger partial charge in [0.05, 0.1) is 12.5 Å². The third-order valence-electron chi connectivity index (χ3n) is 3.46. The lowest BCUT2D eigenvalue weighted by atomic mass is 10.1. The Morgan fingerprint density at radius 1 is 1.25 bits per heavy atom. The number of guanidine groups is 1. The minimum absolute atomic E-state index is 0. The molecule has 0 saturated heterocycles. The fourth-order valence-electron chi connectivity index (χ4n) is 2.00. The molecule has 132 valence electrons. The summed E-state index contributed by atoms with van der Waals surface area (Å²) >= 11 is 0. The van der Waals surface area contributed by atoms with Crippen LogP contribution in [-0.4, -0.2) is 29.2 Å². The Morgan fingerprint density at radius 2 is 1.96 bits per heavy atom. The van der Waals surface area contributed by atoms with E-state index in [0.29, 0.717) is 30.1 Å². The Labute approximate surface area is 160 Å². The summed E-state index contributed by atoms with van der Waals surface area (Å²) in [4.78, 5) is 8.77. The van der Waals surface area contributed by atoms with Gasteiger partial charge in [0.25, 0.3) is 0 Å². The van der Waals surface area contributed by atoms with Crippen molar-refractivity contribution in [2.45, 2.75) is 33.1 Å². The quantitative estimate of drug-likeness (QED) is 0.389. The molecule has 0 saturated carbocycles. The Hall–Kier alpha value is -1.64. The van der Waals surface area contributed by atoms with Crippen LogP contribution in [0.2, 0.25) is 0 Å². The van der Waals surface area contributed by atoms with Crippen LogP contribution in [0.15, 0.2) is 39.8 Å². The highest BCUT2D eigenvalue weighted by Gasteiger charge is 2.15. The fraction of sp³-hybridized carbons (Fsp3) is 0.471. The summed E-state index contributed by atoms with van der Waals surface area (Å²) in [5.74, 6) is 2.29. The van der Waals surface area contributed by atoms with Crippen LogP contribution in [-0.2, 0) is 0 Å². The van der Waals surface area contributed by atoms with Gasteiger partial charge in [-0.3, -0.25) is 4.99 Å². The van der Waals surface area contributed by atoms with Crippen LogP contribution in [0.4, 0.5) is 0 Å². The van der Waals surface area contributed by atoms with E-state index in [9.17, 15) is 0 Å². The number of nitrogens with two attached hydrogens (primary N) is 1. The zero-order valence-electron chi connectivity index (χ0n) is 14.4. The minimum Gasteiger partial charge on any atom is -0.370 e. The van der Waals surface area contributed by atoms with Gasteiger partial charge in [-0.05, 0) is 12.3 Å². The first-order chi connectivity index (χ1) is 11.1. The second kappa shape index (κ2) is 10.3. The van der Waals surface area contributed by atoms with E-state index in [1.807, 2.05) is 37.3 Å². The topological polar surface area (TPSA) is 89.3 Å². The summed E-state index contributed by atoms with van der Waals surface area (Å²) in [6, 6.07) is 9.75. The molecule has 0 aliphatic heterocycles. The number of rotatable bonds is 7. The summed E-state index contributed by atoms with van der Waals surface area (Å²) in [6.07, 6.45) is 1.07. The molecule has 1 unspecified atom stereocenters. The van der Waals surface area contributed by atoms with Gasteiger partial charge in [0.2, 0.25) is 11.7 Å². The standard InChI is InChI=1S/C17H25N5O.HI/c1-12(2)9-10-19-17(18)20-11-13(3)16-21-15(22-23-16)14-7-5-4-6-8-14;/h4-8,12-13H,9-11H2,1-3H3,(H3,18,19,20);1H.